The molecule has 1 aromatic heterocycles. The molecule has 0 bridgehead atoms. The molecule has 0 atom stereocenters. The highest BCUT2D eigenvalue weighted by atomic mass is 35.5. The Morgan fingerprint density at radius 3 is 2.40 bits per heavy atom. The van der Waals surface area contributed by atoms with Crippen LogP contribution in [0.5, 0.6) is 0 Å². The number of rotatable bonds is 5. The van der Waals surface area contributed by atoms with Gasteiger partial charge < -0.3 is 14.5 Å². The van der Waals surface area contributed by atoms with E-state index in [9.17, 15) is 27.2 Å². The molecular weight excluding hydrogens is 430 g/mol. The zero-order valence-corrected chi connectivity index (χ0v) is 15.7. The number of halogens is 5. The van der Waals surface area contributed by atoms with E-state index in [-0.39, 0.29) is 16.5 Å². The fraction of sp³-hybridized carbons (Fsp3) is 0.100. The third-order valence-electron chi connectivity index (χ3n) is 3.83. The summed E-state index contributed by atoms with van der Waals surface area (Å²) in [5.41, 5.74) is -1.15. The SMILES string of the molecule is O=C(COC(=O)c1ccc(-c2ccc(F)cc2)o1)Nc1ccc(Cl)cc1C(F)(F)F. The summed E-state index contributed by atoms with van der Waals surface area (Å²) in [6, 6.07) is 10.9. The lowest BCUT2D eigenvalue weighted by atomic mass is 10.1. The van der Waals surface area contributed by atoms with E-state index in [1.54, 1.807) is 0 Å². The van der Waals surface area contributed by atoms with Gasteiger partial charge in [-0.1, -0.05) is 11.6 Å². The lowest BCUT2D eigenvalue weighted by molar-refractivity contribution is -0.137. The maximum absolute atomic E-state index is 13.1. The third-order valence-corrected chi connectivity index (χ3v) is 4.07. The number of carbonyl (C=O) groups is 2. The Balaban J connectivity index is 1.62. The molecule has 3 rings (SSSR count). The van der Waals surface area contributed by atoms with Crippen molar-refractivity contribution in [3.63, 3.8) is 0 Å². The summed E-state index contributed by atoms with van der Waals surface area (Å²) in [6.45, 7) is -0.842. The first-order valence-electron chi connectivity index (χ1n) is 8.33. The van der Waals surface area contributed by atoms with Gasteiger partial charge >= 0.3 is 12.1 Å². The van der Waals surface area contributed by atoms with Gasteiger partial charge in [0.05, 0.1) is 11.3 Å². The van der Waals surface area contributed by atoms with Crippen LogP contribution in [0.3, 0.4) is 0 Å². The number of hydrogen-bond donors (Lipinski definition) is 1. The number of alkyl halides is 3. The number of anilines is 1. The molecule has 0 aliphatic heterocycles. The van der Waals surface area contributed by atoms with Crippen molar-refractivity contribution in [1.82, 2.24) is 0 Å². The molecule has 0 saturated heterocycles. The lowest BCUT2D eigenvalue weighted by Gasteiger charge is -2.14. The summed E-state index contributed by atoms with van der Waals surface area (Å²) in [7, 11) is 0. The van der Waals surface area contributed by atoms with Crippen LogP contribution in [0, 0.1) is 5.82 Å². The molecule has 0 aliphatic carbocycles. The molecule has 1 amide bonds. The maximum atomic E-state index is 13.1. The van der Waals surface area contributed by atoms with Gasteiger partial charge in [0.25, 0.3) is 5.91 Å². The van der Waals surface area contributed by atoms with Gasteiger partial charge in [-0.25, -0.2) is 9.18 Å². The second-order valence-electron chi connectivity index (χ2n) is 5.98. The first kappa shape index (κ1) is 21.4. The Hall–Kier alpha value is -3.33. The Bertz CT molecular complexity index is 1080. The molecule has 5 nitrogen and oxygen atoms in total. The molecule has 0 aliphatic rings. The van der Waals surface area contributed by atoms with Crippen molar-refractivity contribution in [2.75, 3.05) is 11.9 Å². The van der Waals surface area contributed by atoms with Crippen molar-refractivity contribution < 1.29 is 36.3 Å². The topological polar surface area (TPSA) is 68.5 Å². The van der Waals surface area contributed by atoms with Crippen molar-refractivity contribution in [3.8, 4) is 11.3 Å². The van der Waals surface area contributed by atoms with E-state index >= 15 is 0 Å². The molecule has 0 fully saturated rings. The quantitative estimate of drug-likeness (QED) is 0.416. The molecule has 2 aromatic carbocycles. The predicted octanol–water partition coefficient (Wildman–Crippen LogP) is 5.55. The van der Waals surface area contributed by atoms with Crippen LogP contribution < -0.4 is 5.32 Å². The van der Waals surface area contributed by atoms with Crippen molar-refractivity contribution in [2.24, 2.45) is 0 Å². The summed E-state index contributed by atoms with van der Waals surface area (Å²) in [5.74, 6) is -2.38. The van der Waals surface area contributed by atoms with E-state index in [1.165, 1.54) is 42.5 Å². The van der Waals surface area contributed by atoms with Crippen LogP contribution >= 0.6 is 11.6 Å². The molecule has 0 radical (unpaired) electrons. The van der Waals surface area contributed by atoms with Crippen LogP contribution in [-0.2, 0) is 15.7 Å². The van der Waals surface area contributed by atoms with Crippen LogP contribution in [0.1, 0.15) is 16.1 Å². The average Bonchev–Trinajstić information content (AvgIpc) is 3.17. The first-order valence-corrected chi connectivity index (χ1v) is 8.71. The van der Waals surface area contributed by atoms with E-state index in [0.717, 1.165) is 6.07 Å². The second kappa shape index (κ2) is 8.58. The van der Waals surface area contributed by atoms with Gasteiger partial charge in [-0.05, 0) is 54.6 Å². The summed E-state index contributed by atoms with van der Waals surface area (Å²) in [6.07, 6.45) is -4.74. The van der Waals surface area contributed by atoms with E-state index in [2.05, 4.69) is 0 Å². The molecule has 0 unspecified atom stereocenters. The fourth-order valence-corrected chi connectivity index (χ4v) is 2.64. The van der Waals surface area contributed by atoms with Gasteiger partial charge in [0.15, 0.2) is 6.61 Å². The maximum Gasteiger partial charge on any atom is 0.418 e. The second-order valence-corrected chi connectivity index (χ2v) is 6.42. The normalized spacial score (nSPS) is 11.2. The van der Waals surface area contributed by atoms with Gasteiger partial charge in [0, 0.05) is 10.6 Å². The molecule has 10 heteroatoms. The Morgan fingerprint density at radius 2 is 1.73 bits per heavy atom. The molecule has 1 heterocycles. The van der Waals surface area contributed by atoms with Crippen molar-refractivity contribution in [3.05, 3.63) is 76.8 Å². The number of ether oxygens (including phenoxy) is 1. The van der Waals surface area contributed by atoms with E-state index in [4.69, 9.17) is 20.8 Å². The molecule has 1 N–H and O–H groups in total. The fourth-order valence-electron chi connectivity index (χ4n) is 2.47. The van der Waals surface area contributed by atoms with Gasteiger partial charge in [-0.15, -0.1) is 0 Å². The number of carbonyl (C=O) groups excluding carboxylic acids is 2. The highest BCUT2D eigenvalue weighted by molar-refractivity contribution is 6.30. The van der Waals surface area contributed by atoms with Gasteiger partial charge in [-0.2, -0.15) is 13.2 Å². The van der Waals surface area contributed by atoms with Crippen molar-refractivity contribution in [2.45, 2.75) is 6.18 Å². The Labute approximate surface area is 172 Å². The number of hydrogen-bond acceptors (Lipinski definition) is 4. The lowest BCUT2D eigenvalue weighted by Crippen LogP contribution is -2.22. The molecule has 30 heavy (non-hydrogen) atoms. The summed E-state index contributed by atoms with van der Waals surface area (Å²) in [5, 5.41) is 1.88. The van der Waals surface area contributed by atoms with Crippen LogP contribution in [0.4, 0.5) is 23.2 Å². The standard InChI is InChI=1S/C20H12ClF4NO4/c21-12-3-6-15(14(9-12)20(23,24)25)26-18(27)10-29-19(28)17-8-7-16(30-17)11-1-4-13(22)5-2-11/h1-9H,10H2,(H,26,27). The Morgan fingerprint density at radius 1 is 1.03 bits per heavy atom. The third kappa shape index (κ3) is 5.18. The molecular formula is C20H12ClF4NO4. The zero-order chi connectivity index (χ0) is 21.9. The van der Waals surface area contributed by atoms with Gasteiger partial charge in [0.2, 0.25) is 5.76 Å². The number of furan rings is 1. The molecule has 0 spiro atoms. The number of amides is 1. The van der Waals surface area contributed by atoms with Crippen molar-refractivity contribution in [1.29, 1.82) is 0 Å². The minimum Gasteiger partial charge on any atom is -0.450 e. The van der Waals surface area contributed by atoms with Crippen LogP contribution in [0.25, 0.3) is 11.3 Å². The van der Waals surface area contributed by atoms with E-state index in [0.29, 0.717) is 11.6 Å². The minimum atomic E-state index is -4.74. The summed E-state index contributed by atoms with van der Waals surface area (Å²) in [4.78, 5) is 23.9. The number of esters is 1. The van der Waals surface area contributed by atoms with E-state index in [1.807, 2.05) is 5.32 Å². The highest BCUT2D eigenvalue weighted by Gasteiger charge is 2.34. The zero-order valence-electron chi connectivity index (χ0n) is 14.9. The van der Waals surface area contributed by atoms with Crippen molar-refractivity contribution >= 4 is 29.2 Å². The van der Waals surface area contributed by atoms with Crippen LogP contribution in [0.15, 0.2) is 59.0 Å². The smallest absolute Gasteiger partial charge is 0.418 e. The molecule has 0 saturated carbocycles. The minimum absolute atomic E-state index is 0.151. The average molecular weight is 442 g/mol. The molecule has 156 valence electrons. The Kier molecular flexibility index (Phi) is 6.12. The number of benzene rings is 2. The summed E-state index contributed by atoms with van der Waals surface area (Å²) >= 11 is 5.57. The van der Waals surface area contributed by atoms with Crippen LogP contribution in [0.2, 0.25) is 5.02 Å². The number of nitrogens with one attached hydrogen (secondary N) is 1. The highest BCUT2D eigenvalue weighted by Crippen LogP contribution is 2.36. The predicted molar refractivity (Wildman–Crippen MR) is 99.5 cm³/mol. The summed E-state index contributed by atoms with van der Waals surface area (Å²) < 4.78 is 62.2. The monoisotopic (exact) mass is 441 g/mol. The molecule has 3 aromatic rings. The largest absolute Gasteiger partial charge is 0.450 e. The van der Waals surface area contributed by atoms with Crippen LogP contribution in [-0.4, -0.2) is 18.5 Å². The van der Waals surface area contributed by atoms with Gasteiger partial charge in [0.1, 0.15) is 11.6 Å². The first-order chi connectivity index (χ1) is 14.1. The van der Waals surface area contributed by atoms with Gasteiger partial charge in [-0.3, -0.25) is 4.79 Å². The van der Waals surface area contributed by atoms with E-state index < -0.39 is 41.7 Å².